The fraction of sp³-hybridized carbons (Fsp3) is 0.647. The van der Waals surface area contributed by atoms with Gasteiger partial charge in [0.2, 0.25) is 0 Å². The average molecular weight is 248 g/mol. The van der Waals surface area contributed by atoms with Crippen molar-refractivity contribution in [3.8, 4) is 0 Å². The van der Waals surface area contributed by atoms with Crippen LogP contribution in [0.25, 0.3) is 0 Å². The van der Waals surface area contributed by atoms with Crippen LogP contribution in [-0.2, 0) is 6.42 Å². The van der Waals surface area contributed by atoms with E-state index >= 15 is 0 Å². The Hall–Kier alpha value is -0.820. The molecular weight excluding hydrogens is 220 g/mol. The number of aliphatic hydroxyl groups is 1. The van der Waals surface area contributed by atoms with Crippen LogP contribution in [0.15, 0.2) is 18.2 Å². The normalized spacial score (nSPS) is 15.2. The lowest BCUT2D eigenvalue weighted by Gasteiger charge is -2.27. The number of rotatable bonds is 5. The van der Waals surface area contributed by atoms with Crippen LogP contribution < -0.4 is 0 Å². The molecule has 0 fully saturated rings. The van der Waals surface area contributed by atoms with Gasteiger partial charge in [-0.25, -0.2) is 0 Å². The predicted molar refractivity (Wildman–Crippen MR) is 79.2 cm³/mol. The third-order valence-corrected chi connectivity index (χ3v) is 3.81. The quantitative estimate of drug-likeness (QED) is 0.805. The van der Waals surface area contributed by atoms with Crippen molar-refractivity contribution in [2.75, 3.05) is 0 Å². The smallest absolute Gasteiger partial charge is 0.0657 e. The van der Waals surface area contributed by atoms with Crippen molar-refractivity contribution in [3.05, 3.63) is 34.9 Å². The van der Waals surface area contributed by atoms with Gasteiger partial charge in [0.15, 0.2) is 0 Å². The zero-order valence-electron chi connectivity index (χ0n) is 12.7. The van der Waals surface area contributed by atoms with Crippen molar-refractivity contribution in [2.24, 2.45) is 0 Å². The standard InChI is InChI=1S/C17H28O/c1-7-17(6,18)11-16-14(12(2)3)9-8-10-15(16)13(4)5/h8-10,12-13,18H,7,11H2,1-6H3. The molecule has 1 rings (SSSR count). The first kappa shape index (κ1) is 15.2. The fourth-order valence-electron chi connectivity index (χ4n) is 2.42. The van der Waals surface area contributed by atoms with Gasteiger partial charge >= 0.3 is 0 Å². The Morgan fingerprint density at radius 3 is 1.83 bits per heavy atom. The molecule has 0 radical (unpaired) electrons. The molecule has 0 aliphatic heterocycles. The number of hydrogen-bond acceptors (Lipinski definition) is 1. The van der Waals surface area contributed by atoms with E-state index in [0.717, 1.165) is 12.8 Å². The predicted octanol–water partition coefficient (Wildman–Crippen LogP) is 4.64. The molecule has 0 spiro atoms. The first-order chi connectivity index (χ1) is 8.28. The van der Waals surface area contributed by atoms with E-state index < -0.39 is 5.60 Å². The summed E-state index contributed by atoms with van der Waals surface area (Å²) in [5.41, 5.74) is 3.52. The molecular formula is C17H28O. The highest BCUT2D eigenvalue weighted by atomic mass is 16.3. The monoisotopic (exact) mass is 248 g/mol. The van der Waals surface area contributed by atoms with E-state index in [1.54, 1.807) is 0 Å². The minimum absolute atomic E-state index is 0.506. The van der Waals surface area contributed by atoms with Gasteiger partial charge in [-0.3, -0.25) is 0 Å². The first-order valence-corrected chi connectivity index (χ1v) is 7.12. The zero-order chi connectivity index (χ0) is 13.9. The zero-order valence-corrected chi connectivity index (χ0v) is 12.7. The van der Waals surface area contributed by atoms with Gasteiger partial charge in [-0.15, -0.1) is 0 Å². The van der Waals surface area contributed by atoms with Crippen molar-refractivity contribution >= 4 is 0 Å². The molecule has 1 unspecified atom stereocenters. The van der Waals surface area contributed by atoms with E-state index in [4.69, 9.17) is 0 Å². The van der Waals surface area contributed by atoms with Gasteiger partial charge in [-0.05, 0) is 41.9 Å². The van der Waals surface area contributed by atoms with E-state index in [1.807, 2.05) is 13.8 Å². The van der Waals surface area contributed by atoms with Gasteiger partial charge in [0.05, 0.1) is 5.60 Å². The Morgan fingerprint density at radius 1 is 1.06 bits per heavy atom. The van der Waals surface area contributed by atoms with Crippen LogP contribution >= 0.6 is 0 Å². The van der Waals surface area contributed by atoms with Crippen molar-refractivity contribution in [1.29, 1.82) is 0 Å². The van der Waals surface area contributed by atoms with Crippen LogP contribution in [-0.4, -0.2) is 10.7 Å². The molecule has 102 valence electrons. The Kier molecular flexibility index (Phi) is 4.98. The summed E-state index contributed by atoms with van der Waals surface area (Å²) in [6, 6.07) is 6.56. The molecule has 0 heterocycles. The molecule has 1 heteroatoms. The maximum absolute atomic E-state index is 10.4. The summed E-state index contributed by atoms with van der Waals surface area (Å²) in [5, 5.41) is 10.4. The second kappa shape index (κ2) is 5.88. The van der Waals surface area contributed by atoms with E-state index in [2.05, 4.69) is 45.9 Å². The molecule has 0 bridgehead atoms. The lowest BCUT2D eigenvalue weighted by Crippen LogP contribution is -2.27. The largest absolute Gasteiger partial charge is 0.390 e. The van der Waals surface area contributed by atoms with Crippen molar-refractivity contribution in [1.82, 2.24) is 0 Å². The summed E-state index contributed by atoms with van der Waals surface area (Å²) in [6.45, 7) is 12.9. The Labute approximate surface area is 112 Å². The summed E-state index contributed by atoms with van der Waals surface area (Å²) < 4.78 is 0. The lowest BCUT2D eigenvalue weighted by atomic mass is 9.82. The second-order valence-corrected chi connectivity index (χ2v) is 6.25. The van der Waals surface area contributed by atoms with Crippen LogP contribution in [0.1, 0.15) is 76.5 Å². The molecule has 0 amide bonds. The molecule has 0 saturated heterocycles. The minimum Gasteiger partial charge on any atom is -0.390 e. The van der Waals surface area contributed by atoms with Gasteiger partial charge in [0.1, 0.15) is 0 Å². The van der Waals surface area contributed by atoms with Gasteiger partial charge in [0, 0.05) is 6.42 Å². The van der Waals surface area contributed by atoms with Crippen molar-refractivity contribution < 1.29 is 5.11 Å². The number of benzene rings is 1. The summed E-state index contributed by atoms with van der Waals surface area (Å²) >= 11 is 0. The minimum atomic E-state index is -0.603. The summed E-state index contributed by atoms with van der Waals surface area (Å²) in [6.07, 6.45) is 1.54. The van der Waals surface area contributed by atoms with E-state index in [9.17, 15) is 5.11 Å². The molecule has 0 aromatic heterocycles. The molecule has 0 aliphatic rings. The molecule has 1 aromatic rings. The first-order valence-electron chi connectivity index (χ1n) is 7.12. The summed E-state index contributed by atoms with van der Waals surface area (Å²) in [7, 11) is 0. The highest BCUT2D eigenvalue weighted by Crippen LogP contribution is 2.31. The topological polar surface area (TPSA) is 20.2 Å². The van der Waals surface area contributed by atoms with Crippen LogP contribution in [0.2, 0.25) is 0 Å². The van der Waals surface area contributed by atoms with Gasteiger partial charge in [0.25, 0.3) is 0 Å². The molecule has 0 aliphatic carbocycles. The summed E-state index contributed by atoms with van der Waals surface area (Å²) in [4.78, 5) is 0. The fourth-order valence-corrected chi connectivity index (χ4v) is 2.42. The highest BCUT2D eigenvalue weighted by Gasteiger charge is 2.23. The third kappa shape index (κ3) is 3.58. The van der Waals surface area contributed by atoms with Crippen LogP contribution in [0.3, 0.4) is 0 Å². The Bertz CT molecular complexity index is 362. The van der Waals surface area contributed by atoms with Crippen LogP contribution in [0.4, 0.5) is 0 Å². The maximum atomic E-state index is 10.4. The van der Waals surface area contributed by atoms with Gasteiger partial charge in [-0.2, -0.15) is 0 Å². The number of hydrogen-bond donors (Lipinski definition) is 1. The van der Waals surface area contributed by atoms with E-state index in [-0.39, 0.29) is 0 Å². The van der Waals surface area contributed by atoms with Gasteiger partial charge < -0.3 is 5.11 Å². The van der Waals surface area contributed by atoms with Crippen LogP contribution in [0, 0.1) is 0 Å². The molecule has 18 heavy (non-hydrogen) atoms. The van der Waals surface area contributed by atoms with Gasteiger partial charge in [-0.1, -0.05) is 52.8 Å². The average Bonchev–Trinajstić information content (AvgIpc) is 2.28. The van der Waals surface area contributed by atoms with Crippen LogP contribution in [0.5, 0.6) is 0 Å². The Morgan fingerprint density at radius 2 is 1.50 bits per heavy atom. The molecule has 1 nitrogen and oxygen atoms in total. The highest BCUT2D eigenvalue weighted by molar-refractivity contribution is 5.39. The second-order valence-electron chi connectivity index (χ2n) is 6.25. The molecule has 1 atom stereocenters. The molecule has 0 saturated carbocycles. The van der Waals surface area contributed by atoms with Crippen molar-refractivity contribution in [2.45, 2.75) is 71.8 Å². The molecule has 1 N–H and O–H groups in total. The van der Waals surface area contributed by atoms with E-state index in [0.29, 0.717) is 11.8 Å². The Balaban J connectivity index is 3.27. The van der Waals surface area contributed by atoms with E-state index in [1.165, 1.54) is 16.7 Å². The SMILES string of the molecule is CCC(C)(O)Cc1c(C(C)C)cccc1C(C)C. The summed E-state index contributed by atoms with van der Waals surface area (Å²) in [5.74, 6) is 1.01. The maximum Gasteiger partial charge on any atom is 0.0657 e. The third-order valence-electron chi connectivity index (χ3n) is 3.81. The van der Waals surface area contributed by atoms with Crippen molar-refractivity contribution in [3.63, 3.8) is 0 Å². The molecule has 1 aromatic carbocycles. The lowest BCUT2D eigenvalue weighted by molar-refractivity contribution is 0.0559.